The molecule has 2 rings (SSSR count). The van der Waals surface area contributed by atoms with Crippen molar-refractivity contribution in [2.75, 3.05) is 5.73 Å². The average Bonchev–Trinajstić information content (AvgIpc) is 2.44. The van der Waals surface area contributed by atoms with Crippen LogP contribution in [0.3, 0.4) is 0 Å². The van der Waals surface area contributed by atoms with Gasteiger partial charge in [-0.15, -0.1) is 0 Å². The number of hydrogen-bond donors (Lipinski definition) is 2. The fourth-order valence-corrected chi connectivity index (χ4v) is 2.12. The lowest BCUT2D eigenvalue weighted by atomic mass is 10.0. The zero-order valence-corrected chi connectivity index (χ0v) is 7.86. The number of rotatable bonds is 2. The second-order valence-corrected chi connectivity index (χ2v) is 3.90. The molecule has 1 atom stereocenters. The highest BCUT2D eigenvalue weighted by Crippen LogP contribution is 2.29. The topological polar surface area (TPSA) is 63.3 Å². The maximum Gasteiger partial charge on any atom is 0.303 e. The van der Waals surface area contributed by atoms with Crippen LogP contribution in [0, 0.1) is 5.92 Å². The van der Waals surface area contributed by atoms with Crippen LogP contribution in [0.4, 0.5) is 5.69 Å². The predicted molar refractivity (Wildman–Crippen MR) is 54.0 cm³/mol. The van der Waals surface area contributed by atoms with E-state index in [4.69, 9.17) is 10.8 Å². The van der Waals surface area contributed by atoms with Gasteiger partial charge in [0.1, 0.15) is 0 Å². The molecule has 1 aliphatic carbocycles. The summed E-state index contributed by atoms with van der Waals surface area (Å²) in [7, 11) is 0. The van der Waals surface area contributed by atoms with Gasteiger partial charge in [-0.3, -0.25) is 4.79 Å². The maximum absolute atomic E-state index is 10.5. The van der Waals surface area contributed by atoms with Gasteiger partial charge < -0.3 is 10.8 Å². The molecule has 3 heteroatoms. The van der Waals surface area contributed by atoms with Crippen LogP contribution in [0.15, 0.2) is 18.2 Å². The molecule has 1 aliphatic rings. The first kappa shape index (κ1) is 9.06. The second kappa shape index (κ2) is 3.33. The molecule has 0 saturated heterocycles. The summed E-state index contributed by atoms with van der Waals surface area (Å²) in [4.78, 5) is 10.5. The summed E-state index contributed by atoms with van der Waals surface area (Å²) in [5, 5.41) is 8.68. The normalized spacial score (nSPS) is 19.3. The maximum atomic E-state index is 10.5. The molecular weight excluding hydrogens is 178 g/mol. The molecule has 3 N–H and O–H groups in total. The zero-order valence-electron chi connectivity index (χ0n) is 7.86. The summed E-state index contributed by atoms with van der Waals surface area (Å²) < 4.78 is 0. The second-order valence-electron chi connectivity index (χ2n) is 3.90. The third-order valence-electron chi connectivity index (χ3n) is 2.71. The Balaban J connectivity index is 2.14. The van der Waals surface area contributed by atoms with Crippen molar-refractivity contribution < 1.29 is 9.90 Å². The van der Waals surface area contributed by atoms with Crippen molar-refractivity contribution in [3.8, 4) is 0 Å². The molecule has 1 unspecified atom stereocenters. The van der Waals surface area contributed by atoms with Gasteiger partial charge in [-0.05, 0) is 42.0 Å². The van der Waals surface area contributed by atoms with Gasteiger partial charge in [0.05, 0.1) is 0 Å². The van der Waals surface area contributed by atoms with Crippen LogP contribution in [0.2, 0.25) is 0 Å². The highest BCUT2D eigenvalue weighted by molar-refractivity contribution is 5.67. The van der Waals surface area contributed by atoms with Gasteiger partial charge >= 0.3 is 5.97 Å². The molecule has 14 heavy (non-hydrogen) atoms. The molecule has 1 aromatic carbocycles. The Labute approximate surface area is 82.5 Å². The van der Waals surface area contributed by atoms with Gasteiger partial charge in [-0.25, -0.2) is 0 Å². The monoisotopic (exact) mass is 191 g/mol. The Morgan fingerprint density at radius 1 is 1.43 bits per heavy atom. The zero-order chi connectivity index (χ0) is 10.1. The van der Waals surface area contributed by atoms with E-state index in [9.17, 15) is 4.79 Å². The van der Waals surface area contributed by atoms with Gasteiger partial charge in [-0.1, -0.05) is 6.07 Å². The largest absolute Gasteiger partial charge is 0.481 e. The van der Waals surface area contributed by atoms with Crippen molar-refractivity contribution >= 4 is 11.7 Å². The van der Waals surface area contributed by atoms with Crippen molar-refractivity contribution in [3.63, 3.8) is 0 Å². The fraction of sp³-hybridized carbons (Fsp3) is 0.364. The molecule has 0 fully saturated rings. The van der Waals surface area contributed by atoms with Crippen LogP contribution in [0.5, 0.6) is 0 Å². The molecule has 0 saturated carbocycles. The molecule has 0 spiro atoms. The lowest BCUT2D eigenvalue weighted by Gasteiger charge is -2.02. The summed E-state index contributed by atoms with van der Waals surface area (Å²) in [6, 6.07) is 5.84. The van der Waals surface area contributed by atoms with E-state index in [0.29, 0.717) is 0 Å². The van der Waals surface area contributed by atoms with Gasteiger partial charge in [-0.2, -0.15) is 0 Å². The van der Waals surface area contributed by atoms with Crippen LogP contribution < -0.4 is 5.73 Å². The molecule has 0 radical (unpaired) electrons. The first-order chi connectivity index (χ1) is 6.65. The van der Waals surface area contributed by atoms with Crippen molar-refractivity contribution in [1.82, 2.24) is 0 Å². The average molecular weight is 191 g/mol. The third kappa shape index (κ3) is 1.71. The minimum absolute atomic E-state index is 0.254. The summed E-state index contributed by atoms with van der Waals surface area (Å²) in [6.45, 7) is 0. The smallest absolute Gasteiger partial charge is 0.303 e. The standard InChI is InChI=1S/C11H13NO2/c12-10-2-1-8-3-7(5-11(13)14)4-9(8)6-10/h1-2,6-7H,3-5,12H2,(H,13,14). The van der Waals surface area contributed by atoms with Gasteiger partial charge in [0.25, 0.3) is 0 Å². The minimum atomic E-state index is -0.712. The van der Waals surface area contributed by atoms with Crippen molar-refractivity contribution in [1.29, 1.82) is 0 Å². The van der Waals surface area contributed by atoms with Crippen molar-refractivity contribution in [3.05, 3.63) is 29.3 Å². The van der Waals surface area contributed by atoms with E-state index < -0.39 is 5.97 Å². The predicted octanol–water partition coefficient (Wildman–Crippen LogP) is 1.46. The van der Waals surface area contributed by atoms with Crippen LogP contribution in [0.1, 0.15) is 17.5 Å². The summed E-state index contributed by atoms with van der Waals surface area (Å²) in [6.07, 6.45) is 1.99. The van der Waals surface area contributed by atoms with E-state index in [1.165, 1.54) is 11.1 Å². The number of aliphatic carboxylic acids is 1. The molecular formula is C11H13NO2. The molecule has 1 aromatic rings. The number of benzene rings is 1. The minimum Gasteiger partial charge on any atom is -0.481 e. The highest BCUT2D eigenvalue weighted by Gasteiger charge is 2.23. The summed E-state index contributed by atoms with van der Waals surface area (Å²) in [5.74, 6) is -0.458. The van der Waals surface area contributed by atoms with Gasteiger partial charge in [0, 0.05) is 12.1 Å². The van der Waals surface area contributed by atoms with E-state index in [1.54, 1.807) is 0 Å². The Bertz CT molecular complexity index is 374. The molecule has 0 aliphatic heterocycles. The first-order valence-corrected chi connectivity index (χ1v) is 4.74. The SMILES string of the molecule is Nc1ccc2c(c1)CC(CC(=O)O)C2. The number of nitrogen functional groups attached to an aromatic ring is 1. The van der Waals surface area contributed by atoms with E-state index in [-0.39, 0.29) is 12.3 Å². The highest BCUT2D eigenvalue weighted by atomic mass is 16.4. The Hall–Kier alpha value is -1.51. The molecule has 0 heterocycles. The van der Waals surface area contributed by atoms with Crippen molar-refractivity contribution in [2.45, 2.75) is 19.3 Å². The van der Waals surface area contributed by atoms with Crippen molar-refractivity contribution in [2.24, 2.45) is 5.92 Å². The molecule has 74 valence electrons. The van der Waals surface area contributed by atoms with E-state index in [2.05, 4.69) is 0 Å². The quantitative estimate of drug-likeness (QED) is 0.695. The van der Waals surface area contributed by atoms with E-state index >= 15 is 0 Å². The molecule has 0 aromatic heterocycles. The lowest BCUT2D eigenvalue weighted by molar-refractivity contribution is -0.138. The van der Waals surface area contributed by atoms with Crippen LogP contribution >= 0.6 is 0 Å². The number of nitrogens with two attached hydrogens (primary N) is 1. The van der Waals surface area contributed by atoms with Crippen LogP contribution in [-0.2, 0) is 17.6 Å². The number of fused-ring (bicyclic) bond motifs is 1. The Morgan fingerprint density at radius 2 is 2.14 bits per heavy atom. The molecule has 0 bridgehead atoms. The fourth-order valence-electron chi connectivity index (χ4n) is 2.12. The lowest BCUT2D eigenvalue weighted by Crippen LogP contribution is -2.07. The number of anilines is 1. The third-order valence-corrected chi connectivity index (χ3v) is 2.71. The Kier molecular flexibility index (Phi) is 2.15. The number of carbonyl (C=O) groups is 1. The first-order valence-electron chi connectivity index (χ1n) is 4.74. The Morgan fingerprint density at radius 3 is 2.86 bits per heavy atom. The number of carboxylic acid groups (broad SMARTS) is 1. The van der Waals surface area contributed by atoms with Gasteiger partial charge in [0.2, 0.25) is 0 Å². The molecule has 0 amide bonds. The number of hydrogen-bond acceptors (Lipinski definition) is 2. The van der Waals surface area contributed by atoms with Crippen LogP contribution in [0.25, 0.3) is 0 Å². The van der Waals surface area contributed by atoms with E-state index in [0.717, 1.165) is 18.5 Å². The molecule has 3 nitrogen and oxygen atoms in total. The van der Waals surface area contributed by atoms with E-state index in [1.807, 2.05) is 18.2 Å². The van der Waals surface area contributed by atoms with Gasteiger partial charge in [0.15, 0.2) is 0 Å². The summed E-state index contributed by atoms with van der Waals surface area (Å²) in [5.41, 5.74) is 8.90. The number of carboxylic acids is 1. The van der Waals surface area contributed by atoms with Crippen LogP contribution in [-0.4, -0.2) is 11.1 Å². The summed E-state index contributed by atoms with van der Waals surface area (Å²) >= 11 is 0.